The lowest BCUT2D eigenvalue weighted by molar-refractivity contribution is 0.786. The summed E-state index contributed by atoms with van der Waals surface area (Å²) >= 11 is 0. The third-order valence-electron chi connectivity index (χ3n) is 1.72. The largest absolute Gasteiger partial charge is 0.0950 e. The van der Waals surface area contributed by atoms with Crippen molar-refractivity contribution in [2.45, 2.75) is 27.7 Å². The van der Waals surface area contributed by atoms with Crippen molar-refractivity contribution in [3.8, 4) is 0 Å². The van der Waals surface area contributed by atoms with Crippen LogP contribution < -0.4 is 0 Å². The van der Waals surface area contributed by atoms with Crippen molar-refractivity contribution in [2.75, 3.05) is 0 Å². The van der Waals surface area contributed by atoms with E-state index in [1.807, 2.05) is 19.9 Å². The van der Waals surface area contributed by atoms with Gasteiger partial charge in [0.15, 0.2) is 0 Å². The molecule has 0 rings (SSSR count). The number of rotatable bonds is 3. The van der Waals surface area contributed by atoms with E-state index in [2.05, 4.69) is 32.6 Å². The molecular weight excluding hydrogens is 132 g/mol. The van der Waals surface area contributed by atoms with Crippen LogP contribution in [0.5, 0.6) is 0 Å². The highest BCUT2D eigenvalue weighted by molar-refractivity contribution is 5.38. The quantitative estimate of drug-likeness (QED) is 0.538. The Hall–Kier alpha value is -0.780. The Kier molecular flexibility index (Phi) is 4.60. The van der Waals surface area contributed by atoms with Gasteiger partial charge in [0.25, 0.3) is 0 Å². The number of allylic oxidation sites excluding steroid dienone is 5. The molecule has 0 aromatic rings. The average molecular weight is 150 g/mol. The second-order valence-corrected chi connectivity index (χ2v) is 2.92. The maximum Gasteiger partial charge on any atom is -0.0219 e. The molecule has 0 saturated heterocycles. The molecule has 0 spiro atoms. The smallest absolute Gasteiger partial charge is 0.0219 e. The molecule has 0 heteroatoms. The molecule has 0 heterocycles. The molecule has 0 aliphatic heterocycles. The van der Waals surface area contributed by atoms with Gasteiger partial charge in [-0.15, -0.1) is 0 Å². The van der Waals surface area contributed by atoms with Crippen molar-refractivity contribution >= 4 is 0 Å². The monoisotopic (exact) mass is 150 g/mol. The molecule has 0 amide bonds. The Balaban J connectivity index is 4.41. The predicted molar refractivity (Wildman–Crippen MR) is 52.5 cm³/mol. The van der Waals surface area contributed by atoms with Crippen LogP contribution in [-0.2, 0) is 0 Å². The molecule has 11 heavy (non-hydrogen) atoms. The van der Waals surface area contributed by atoms with Gasteiger partial charge in [-0.05, 0) is 30.9 Å². The van der Waals surface area contributed by atoms with Crippen LogP contribution in [0.1, 0.15) is 27.7 Å². The molecular formula is C11H18. The summed E-state index contributed by atoms with van der Waals surface area (Å²) in [6, 6.07) is 0. The fraction of sp³-hybridized carbons (Fsp3) is 0.455. The Bertz CT molecular complexity index is 180. The first kappa shape index (κ1) is 10.2. The van der Waals surface area contributed by atoms with Gasteiger partial charge in [0.1, 0.15) is 0 Å². The average Bonchev–Trinajstić information content (AvgIpc) is 1.98. The van der Waals surface area contributed by atoms with Crippen LogP contribution in [0.25, 0.3) is 0 Å². The molecule has 0 bridgehead atoms. The van der Waals surface area contributed by atoms with E-state index in [4.69, 9.17) is 0 Å². The zero-order valence-electron chi connectivity index (χ0n) is 8.02. The number of hydrogen-bond acceptors (Lipinski definition) is 0. The van der Waals surface area contributed by atoms with E-state index >= 15 is 0 Å². The Morgan fingerprint density at radius 1 is 1.27 bits per heavy atom. The van der Waals surface area contributed by atoms with Crippen molar-refractivity contribution in [2.24, 2.45) is 5.92 Å². The molecule has 0 aromatic carbocycles. The SMILES string of the molecule is C=C(C(/C=C\C)=C/C)C(C)C. The molecule has 0 unspecified atom stereocenters. The maximum absolute atomic E-state index is 4.02. The zero-order valence-corrected chi connectivity index (χ0v) is 8.02. The second-order valence-electron chi connectivity index (χ2n) is 2.92. The van der Waals surface area contributed by atoms with Gasteiger partial charge in [-0.3, -0.25) is 0 Å². The highest BCUT2D eigenvalue weighted by Gasteiger charge is 2.01. The molecule has 0 aliphatic rings. The fourth-order valence-electron chi connectivity index (χ4n) is 0.902. The van der Waals surface area contributed by atoms with Gasteiger partial charge < -0.3 is 0 Å². The van der Waals surface area contributed by atoms with Crippen LogP contribution >= 0.6 is 0 Å². The van der Waals surface area contributed by atoms with Crippen LogP contribution in [0, 0.1) is 5.92 Å². The molecule has 62 valence electrons. The second kappa shape index (κ2) is 4.95. The van der Waals surface area contributed by atoms with Crippen LogP contribution in [-0.4, -0.2) is 0 Å². The van der Waals surface area contributed by atoms with Gasteiger partial charge in [-0.25, -0.2) is 0 Å². The van der Waals surface area contributed by atoms with Gasteiger partial charge in [0, 0.05) is 0 Å². The summed E-state index contributed by atoms with van der Waals surface area (Å²) in [5.41, 5.74) is 2.47. The molecule has 0 radical (unpaired) electrons. The van der Waals surface area contributed by atoms with E-state index < -0.39 is 0 Å². The predicted octanol–water partition coefficient (Wildman–Crippen LogP) is 3.72. The first-order chi connectivity index (χ1) is 5.13. The molecule has 0 nitrogen and oxygen atoms in total. The zero-order chi connectivity index (χ0) is 8.85. The normalized spacial score (nSPS) is 13.0. The lowest BCUT2D eigenvalue weighted by Gasteiger charge is -2.09. The lowest BCUT2D eigenvalue weighted by Crippen LogP contribution is -1.93. The van der Waals surface area contributed by atoms with Crippen molar-refractivity contribution in [3.63, 3.8) is 0 Å². The van der Waals surface area contributed by atoms with E-state index in [0.29, 0.717) is 5.92 Å². The maximum atomic E-state index is 4.02. The van der Waals surface area contributed by atoms with E-state index in [1.165, 1.54) is 11.1 Å². The van der Waals surface area contributed by atoms with Crippen LogP contribution in [0.3, 0.4) is 0 Å². The minimum atomic E-state index is 0.539. The van der Waals surface area contributed by atoms with Crippen molar-refractivity contribution in [1.29, 1.82) is 0 Å². The van der Waals surface area contributed by atoms with E-state index in [9.17, 15) is 0 Å². The molecule has 0 saturated carbocycles. The van der Waals surface area contributed by atoms with Gasteiger partial charge >= 0.3 is 0 Å². The van der Waals surface area contributed by atoms with Gasteiger partial charge in [-0.1, -0.05) is 38.7 Å². The number of hydrogen-bond donors (Lipinski definition) is 0. The Morgan fingerprint density at radius 3 is 2.09 bits per heavy atom. The van der Waals surface area contributed by atoms with Crippen molar-refractivity contribution < 1.29 is 0 Å². The summed E-state index contributed by atoms with van der Waals surface area (Å²) in [5, 5.41) is 0. The Labute approximate surface area is 70.3 Å². The van der Waals surface area contributed by atoms with Gasteiger partial charge in [-0.2, -0.15) is 0 Å². The van der Waals surface area contributed by atoms with Gasteiger partial charge in [0.2, 0.25) is 0 Å². The van der Waals surface area contributed by atoms with E-state index in [1.54, 1.807) is 0 Å². The van der Waals surface area contributed by atoms with Gasteiger partial charge in [0.05, 0.1) is 0 Å². The third kappa shape index (κ3) is 3.22. The highest BCUT2D eigenvalue weighted by Crippen LogP contribution is 2.17. The molecule has 0 aromatic heterocycles. The van der Waals surface area contributed by atoms with Crippen LogP contribution in [0.2, 0.25) is 0 Å². The molecule has 0 N–H and O–H groups in total. The highest BCUT2D eigenvalue weighted by atomic mass is 14.1. The molecule has 0 fully saturated rings. The minimum Gasteiger partial charge on any atom is -0.0950 e. The topological polar surface area (TPSA) is 0 Å². The van der Waals surface area contributed by atoms with Crippen molar-refractivity contribution in [3.05, 3.63) is 36.0 Å². The summed E-state index contributed by atoms with van der Waals surface area (Å²) < 4.78 is 0. The van der Waals surface area contributed by atoms with Crippen LogP contribution in [0.15, 0.2) is 36.0 Å². The van der Waals surface area contributed by atoms with Crippen molar-refractivity contribution in [1.82, 2.24) is 0 Å². The summed E-state index contributed by atoms with van der Waals surface area (Å²) in [5.74, 6) is 0.539. The molecule has 0 aliphatic carbocycles. The third-order valence-corrected chi connectivity index (χ3v) is 1.72. The first-order valence-electron chi connectivity index (χ1n) is 4.11. The summed E-state index contributed by atoms with van der Waals surface area (Å²) in [6.45, 7) is 12.4. The van der Waals surface area contributed by atoms with Crippen LogP contribution in [0.4, 0.5) is 0 Å². The summed E-state index contributed by atoms with van der Waals surface area (Å²) in [7, 11) is 0. The van der Waals surface area contributed by atoms with E-state index in [0.717, 1.165) is 0 Å². The molecule has 0 atom stereocenters. The standard InChI is InChI=1S/C11H18/c1-6-8-11(7-2)10(5)9(3)4/h6-9H,5H2,1-4H3/b8-6-,11-7+. The first-order valence-corrected chi connectivity index (χ1v) is 4.11. The van der Waals surface area contributed by atoms with E-state index in [-0.39, 0.29) is 0 Å². The Morgan fingerprint density at radius 2 is 1.82 bits per heavy atom. The fourth-order valence-corrected chi connectivity index (χ4v) is 0.902. The summed E-state index contributed by atoms with van der Waals surface area (Å²) in [6.07, 6.45) is 6.24. The lowest BCUT2D eigenvalue weighted by atomic mass is 9.96. The minimum absolute atomic E-state index is 0.539. The summed E-state index contributed by atoms with van der Waals surface area (Å²) in [4.78, 5) is 0.